The molecule has 8 heteroatoms. The van der Waals surface area contributed by atoms with E-state index in [1.807, 2.05) is 0 Å². The van der Waals surface area contributed by atoms with Gasteiger partial charge in [-0.3, -0.25) is 14.9 Å². The first-order valence-electron chi connectivity index (χ1n) is 6.39. The lowest BCUT2D eigenvalue weighted by molar-refractivity contribution is -0.384. The second-order valence-electron chi connectivity index (χ2n) is 4.77. The molecule has 0 aliphatic carbocycles. The highest BCUT2D eigenvalue weighted by molar-refractivity contribution is 6.33. The summed E-state index contributed by atoms with van der Waals surface area (Å²) >= 11 is 5.78. The van der Waals surface area contributed by atoms with Crippen molar-refractivity contribution in [3.63, 3.8) is 0 Å². The van der Waals surface area contributed by atoms with Crippen molar-refractivity contribution in [2.45, 2.75) is 25.3 Å². The minimum Gasteiger partial charge on any atom is -0.480 e. The molecule has 1 aromatic rings. The first-order chi connectivity index (χ1) is 9.91. The summed E-state index contributed by atoms with van der Waals surface area (Å²) in [5.74, 6) is -1.52. The van der Waals surface area contributed by atoms with Crippen LogP contribution in [0.25, 0.3) is 0 Å². The first-order valence-corrected chi connectivity index (χ1v) is 6.77. The van der Waals surface area contributed by atoms with Gasteiger partial charge in [-0.1, -0.05) is 11.6 Å². The van der Waals surface area contributed by atoms with E-state index < -0.39 is 22.8 Å². The summed E-state index contributed by atoms with van der Waals surface area (Å²) in [6.07, 6.45) is 1.89. The Morgan fingerprint density at radius 3 is 2.67 bits per heavy atom. The van der Waals surface area contributed by atoms with E-state index >= 15 is 0 Å². The van der Waals surface area contributed by atoms with E-state index in [1.165, 1.54) is 17.0 Å². The Balaban J connectivity index is 2.28. The minimum atomic E-state index is -1.05. The fourth-order valence-electron chi connectivity index (χ4n) is 2.39. The van der Waals surface area contributed by atoms with Crippen LogP contribution in [0.4, 0.5) is 5.69 Å². The fraction of sp³-hybridized carbons (Fsp3) is 0.385. The number of amides is 1. The van der Waals surface area contributed by atoms with E-state index in [0.29, 0.717) is 13.0 Å². The van der Waals surface area contributed by atoms with Crippen LogP contribution in [0.1, 0.15) is 29.6 Å². The molecule has 2 rings (SSSR count). The average Bonchev–Trinajstić information content (AvgIpc) is 2.45. The maximum absolute atomic E-state index is 12.4. The van der Waals surface area contributed by atoms with Crippen LogP contribution in [0.3, 0.4) is 0 Å². The van der Waals surface area contributed by atoms with E-state index in [4.69, 9.17) is 16.7 Å². The van der Waals surface area contributed by atoms with E-state index in [2.05, 4.69) is 0 Å². The predicted molar refractivity (Wildman–Crippen MR) is 74.4 cm³/mol. The number of benzene rings is 1. The van der Waals surface area contributed by atoms with Crippen LogP contribution in [0.15, 0.2) is 18.2 Å². The van der Waals surface area contributed by atoms with Crippen LogP contribution in [0, 0.1) is 10.1 Å². The number of rotatable bonds is 3. The number of nitro benzene ring substituents is 1. The number of nitro groups is 1. The lowest BCUT2D eigenvalue weighted by Crippen LogP contribution is -2.47. The van der Waals surface area contributed by atoms with E-state index in [0.717, 1.165) is 18.9 Å². The van der Waals surface area contributed by atoms with Crippen molar-refractivity contribution in [1.82, 2.24) is 4.90 Å². The van der Waals surface area contributed by atoms with Gasteiger partial charge in [-0.15, -0.1) is 0 Å². The zero-order valence-corrected chi connectivity index (χ0v) is 11.7. The van der Waals surface area contributed by atoms with Gasteiger partial charge in [-0.2, -0.15) is 0 Å². The van der Waals surface area contributed by atoms with Gasteiger partial charge < -0.3 is 10.0 Å². The maximum Gasteiger partial charge on any atom is 0.326 e. The van der Waals surface area contributed by atoms with Crippen molar-refractivity contribution in [3.8, 4) is 0 Å². The van der Waals surface area contributed by atoms with Gasteiger partial charge in [-0.25, -0.2) is 4.79 Å². The second kappa shape index (κ2) is 6.09. The second-order valence-corrected chi connectivity index (χ2v) is 5.18. The summed E-state index contributed by atoms with van der Waals surface area (Å²) in [4.78, 5) is 34.9. The van der Waals surface area contributed by atoms with E-state index in [9.17, 15) is 19.7 Å². The van der Waals surface area contributed by atoms with Gasteiger partial charge in [0.25, 0.3) is 11.6 Å². The van der Waals surface area contributed by atoms with Crippen molar-refractivity contribution in [3.05, 3.63) is 38.9 Å². The molecule has 21 heavy (non-hydrogen) atoms. The van der Waals surface area contributed by atoms with E-state index in [-0.39, 0.29) is 16.3 Å². The molecule has 1 heterocycles. The Bertz CT molecular complexity index is 604. The van der Waals surface area contributed by atoms with Crippen LogP contribution in [-0.4, -0.2) is 39.4 Å². The molecule has 7 nitrogen and oxygen atoms in total. The summed E-state index contributed by atoms with van der Waals surface area (Å²) < 4.78 is 0. The fourth-order valence-corrected chi connectivity index (χ4v) is 2.63. The van der Waals surface area contributed by atoms with Crippen LogP contribution in [0.5, 0.6) is 0 Å². The highest BCUT2D eigenvalue weighted by atomic mass is 35.5. The SMILES string of the molecule is O=C(O)C1CCCCN1C(=O)c1ccc([N+](=O)[O-])c(Cl)c1. The summed E-state index contributed by atoms with van der Waals surface area (Å²) in [5.41, 5.74) is -0.139. The zero-order chi connectivity index (χ0) is 15.6. The third-order valence-electron chi connectivity index (χ3n) is 3.44. The van der Waals surface area contributed by atoms with E-state index in [1.54, 1.807) is 0 Å². The molecule has 0 bridgehead atoms. The number of carbonyl (C=O) groups excluding carboxylic acids is 1. The maximum atomic E-state index is 12.4. The Morgan fingerprint density at radius 2 is 2.10 bits per heavy atom. The number of carboxylic acid groups (broad SMARTS) is 1. The van der Waals surface area contributed by atoms with Crippen molar-refractivity contribution < 1.29 is 19.6 Å². The quantitative estimate of drug-likeness (QED) is 0.682. The van der Waals surface area contributed by atoms with Crippen LogP contribution in [-0.2, 0) is 4.79 Å². The number of likely N-dealkylation sites (tertiary alicyclic amines) is 1. The van der Waals surface area contributed by atoms with Crippen molar-refractivity contribution in [2.75, 3.05) is 6.54 Å². The summed E-state index contributed by atoms with van der Waals surface area (Å²) in [7, 11) is 0. The lowest BCUT2D eigenvalue weighted by atomic mass is 10.0. The summed E-state index contributed by atoms with van der Waals surface area (Å²) in [6, 6.07) is 2.78. The van der Waals surface area contributed by atoms with Gasteiger partial charge in [0.2, 0.25) is 0 Å². The van der Waals surface area contributed by atoms with Gasteiger partial charge in [-0.05, 0) is 31.4 Å². The smallest absolute Gasteiger partial charge is 0.326 e. The number of carboxylic acids is 1. The monoisotopic (exact) mass is 312 g/mol. The minimum absolute atomic E-state index is 0.144. The van der Waals surface area contributed by atoms with Gasteiger partial charge in [0.15, 0.2) is 0 Å². The molecule has 0 saturated carbocycles. The average molecular weight is 313 g/mol. The first kappa shape index (κ1) is 15.2. The molecule has 0 aromatic heterocycles. The highest BCUT2D eigenvalue weighted by Crippen LogP contribution is 2.27. The molecule has 1 atom stereocenters. The number of piperidine rings is 1. The van der Waals surface area contributed by atoms with Crippen molar-refractivity contribution in [2.24, 2.45) is 0 Å². The van der Waals surface area contributed by atoms with Crippen LogP contribution >= 0.6 is 11.6 Å². The standard InChI is InChI=1S/C13H13ClN2O5/c14-9-7-8(4-5-10(9)16(20)21)12(17)15-6-2-1-3-11(15)13(18)19/h4-5,7,11H,1-3,6H2,(H,18,19). The van der Waals surface area contributed by atoms with Gasteiger partial charge in [0, 0.05) is 18.2 Å². The van der Waals surface area contributed by atoms with Crippen molar-refractivity contribution in [1.29, 1.82) is 0 Å². The molecule has 1 N–H and O–H groups in total. The van der Waals surface area contributed by atoms with Crippen molar-refractivity contribution >= 4 is 29.2 Å². The van der Waals surface area contributed by atoms with Gasteiger partial charge in [0.1, 0.15) is 11.1 Å². The highest BCUT2D eigenvalue weighted by Gasteiger charge is 2.32. The number of hydrogen-bond donors (Lipinski definition) is 1. The molecule has 0 spiro atoms. The van der Waals surface area contributed by atoms with Crippen LogP contribution in [0.2, 0.25) is 5.02 Å². The summed E-state index contributed by atoms with van der Waals surface area (Å²) in [5, 5.41) is 19.7. The topological polar surface area (TPSA) is 101 Å². The summed E-state index contributed by atoms with van der Waals surface area (Å²) in [6.45, 7) is 0.352. The third kappa shape index (κ3) is 3.13. The Kier molecular flexibility index (Phi) is 4.42. The largest absolute Gasteiger partial charge is 0.480 e. The molecule has 1 saturated heterocycles. The van der Waals surface area contributed by atoms with Gasteiger partial charge in [0.05, 0.1) is 4.92 Å². The molecule has 1 amide bonds. The Labute approximate surface area is 125 Å². The number of carbonyl (C=O) groups is 2. The normalized spacial score (nSPS) is 18.3. The molecular weight excluding hydrogens is 300 g/mol. The molecule has 1 aliphatic rings. The number of halogens is 1. The number of nitrogens with zero attached hydrogens (tertiary/aromatic N) is 2. The Morgan fingerprint density at radius 1 is 1.38 bits per heavy atom. The zero-order valence-electron chi connectivity index (χ0n) is 11.0. The predicted octanol–water partition coefficient (Wildman–Crippen LogP) is 2.33. The number of aliphatic carboxylic acids is 1. The van der Waals surface area contributed by atoms with Gasteiger partial charge >= 0.3 is 5.97 Å². The number of hydrogen-bond acceptors (Lipinski definition) is 4. The third-order valence-corrected chi connectivity index (χ3v) is 3.74. The molecule has 1 fully saturated rings. The molecule has 1 aliphatic heterocycles. The lowest BCUT2D eigenvalue weighted by Gasteiger charge is -2.33. The van der Waals surface area contributed by atoms with Crippen LogP contribution < -0.4 is 0 Å². The molecule has 1 unspecified atom stereocenters. The molecule has 0 radical (unpaired) electrons. The molecule has 112 valence electrons. The molecule has 1 aromatic carbocycles. The molecular formula is C13H13ClN2O5. The Hall–Kier alpha value is -2.15.